The monoisotopic (exact) mass is 350 g/mol. The molecule has 0 spiro atoms. The van der Waals surface area contributed by atoms with E-state index in [9.17, 15) is 0 Å². The van der Waals surface area contributed by atoms with Crippen LogP contribution in [0.1, 0.15) is 22.7 Å². The van der Waals surface area contributed by atoms with Gasteiger partial charge in [-0.15, -0.1) is 0 Å². The van der Waals surface area contributed by atoms with Crippen molar-refractivity contribution in [1.82, 2.24) is 5.43 Å². The number of hydrogen-bond acceptors (Lipinski definition) is 4. The third-order valence-corrected chi connectivity index (χ3v) is 3.78. The second-order valence-electron chi connectivity index (χ2n) is 4.74. The summed E-state index contributed by atoms with van der Waals surface area (Å²) in [6.45, 7) is 2.04. The predicted octanol–water partition coefficient (Wildman–Crippen LogP) is 3.33. The molecule has 0 amide bonds. The smallest absolute Gasteiger partial charge is 0.127 e. The molecule has 0 aliphatic heterocycles. The molecule has 0 fully saturated rings. The lowest BCUT2D eigenvalue weighted by Gasteiger charge is -2.22. The summed E-state index contributed by atoms with van der Waals surface area (Å²) in [4.78, 5) is 0. The molecule has 0 aliphatic carbocycles. The zero-order valence-corrected chi connectivity index (χ0v) is 13.9. The Hall–Kier alpha value is -1.56. The largest absolute Gasteiger partial charge is 0.496 e. The molecule has 2 aromatic carbocycles. The van der Waals surface area contributed by atoms with Crippen LogP contribution in [0.2, 0.25) is 0 Å². The van der Waals surface area contributed by atoms with E-state index in [1.165, 1.54) is 0 Å². The highest BCUT2D eigenvalue weighted by molar-refractivity contribution is 9.10. The fourth-order valence-corrected chi connectivity index (χ4v) is 3.07. The van der Waals surface area contributed by atoms with Gasteiger partial charge in [-0.25, -0.2) is 5.43 Å². The predicted molar refractivity (Wildman–Crippen MR) is 87.6 cm³/mol. The number of halogens is 1. The number of benzene rings is 2. The van der Waals surface area contributed by atoms with Gasteiger partial charge < -0.3 is 9.47 Å². The van der Waals surface area contributed by atoms with E-state index in [0.717, 1.165) is 32.7 Å². The number of nitrogens with two attached hydrogens (primary N) is 1. The van der Waals surface area contributed by atoms with Crippen molar-refractivity contribution in [3.63, 3.8) is 0 Å². The summed E-state index contributed by atoms with van der Waals surface area (Å²) in [6.07, 6.45) is 0. The fourth-order valence-electron chi connectivity index (χ4n) is 2.44. The second-order valence-corrected chi connectivity index (χ2v) is 5.65. The topological polar surface area (TPSA) is 56.5 Å². The molecule has 3 N–H and O–H groups in total. The molecular weight excluding hydrogens is 332 g/mol. The number of rotatable bonds is 5. The van der Waals surface area contributed by atoms with Crippen molar-refractivity contribution >= 4 is 15.9 Å². The van der Waals surface area contributed by atoms with Crippen molar-refractivity contribution in [3.05, 3.63) is 57.6 Å². The van der Waals surface area contributed by atoms with Crippen LogP contribution in [0.4, 0.5) is 0 Å². The Balaban J connectivity index is 2.60. The number of ether oxygens (including phenoxy) is 2. The minimum Gasteiger partial charge on any atom is -0.496 e. The molecule has 0 saturated heterocycles. The average Bonchev–Trinajstić information content (AvgIpc) is 2.47. The highest BCUT2D eigenvalue weighted by Crippen LogP contribution is 2.37. The number of aryl methyl sites for hydroxylation is 1. The lowest BCUT2D eigenvalue weighted by Crippen LogP contribution is -2.29. The van der Waals surface area contributed by atoms with Crippen LogP contribution in [0.5, 0.6) is 11.5 Å². The summed E-state index contributed by atoms with van der Waals surface area (Å²) >= 11 is 3.52. The SMILES string of the molecule is COc1cccc(OC)c1C(NN)c1cc(C)cc(Br)c1. The fraction of sp³-hybridized carbons (Fsp3) is 0.250. The first kappa shape index (κ1) is 15.8. The van der Waals surface area contributed by atoms with Gasteiger partial charge in [-0.2, -0.15) is 0 Å². The van der Waals surface area contributed by atoms with Gasteiger partial charge in [0.15, 0.2) is 0 Å². The summed E-state index contributed by atoms with van der Waals surface area (Å²) in [5.41, 5.74) is 5.92. The minimum atomic E-state index is -0.229. The average molecular weight is 351 g/mol. The van der Waals surface area contributed by atoms with E-state index in [1.807, 2.05) is 31.2 Å². The first-order valence-electron chi connectivity index (χ1n) is 6.54. The molecule has 1 atom stereocenters. The Morgan fingerprint density at radius 2 is 1.71 bits per heavy atom. The molecule has 0 heterocycles. The van der Waals surface area contributed by atoms with Crippen LogP contribution >= 0.6 is 15.9 Å². The first-order chi connectivity index (χ1) is 10.1. The van der Waals surface area contributed by atoms with Crippen LogP contribution < -0.4 is 20.7 Å². The summed E-state index contributed by atoms with van der Waals surface area (Å²) in [5, 5.41) is 0. The molecule has 0 bridgehead atoms. The molecule has 5 heteroatoms. The van der Waals surface area contributed by atoms with Gasteiger partial charge in [0, 0.05) is 4.47 Å². The molecule has 4 nitrogen and oxygen atoms in total. The third-order valence-electron chi connectivity index (χ3n) is 3.32. The molecule has 0 aromatic heterocycles. The summed E-state index contributed by atoms with van der Waals surface area (Å²) in [5.74, 6) is 7.27. The Kier molecular flexibility index (Phi) is 5.22. The molecule has 2 rings (SSSR count). The standard InChI is InChI=1S/C16H19BrN2O2/c1-10-7-11(9-12(17)8-10)16(19-18)15-13(20-2)5-4-6-14(15)21-3/h4-9,16,19H,18H2,1-3H3. The quantitative estimate of drug-likeness (QED) is 0.641. The van der Waals surface area contributed by atoms with Crippen LogP contribution in [0, 0.1) is 6.92 Å². The number of methoxy groups -OCH3 is 2. The zero-order chi connectivity index (χ0) is 15.4. The van der Waals surface area contributed by atoms with Gasteiger partial charge in [0.05, 0.1) is 25.8 Å². The number of hydrogen-bond donors (Lipinski definition) is 2. The Morgan fingerprint density at radius 3 is 2.19 bits per heavy atom. The normalized spacial score (nSPS) is 12.0. The van der Waals surface area contributed by atoms with Crippen LogP contribution in [-0.2, 0) is 0 Å². The highest BCUT2D eigenvalue weighted by atomic mass is 79.9. The lowest BCUT2D eigenvalue weighted by atomic mass is 9.96. The van der Waals surface area contributed by atoms with E-state index in [-0.39, 0.29) is 6.04 Å². The van der Waals surface area contributed by atoms with E-state index >= 15 is 0 Å². The molecule has 2 aromatic rings. The lowest BCUT2D eigenvalue weighted by molar-refractivity contribution is 0.377. The van der Waals surface area contributed by atoms with Gasteiger partial charge >= 0.3 is 0 Å². The van der Waals surface area contributed by atoms with E-state index in [0.29, 0.717) is 0 Å². The first-order valence-corrected chi connectivity index (χ1v) is 7.34. The maximum absolute atomic E-state index is 5.81. The van der Waals surface area contributed by atoms with E-state index < -0.39 is 0 Å². The van der Waals surface area contributed by atoms with Gasteiger partial charge in [-0.05, 0) is 42.3 Å². The van der Waals surface area contributed by atoms with Crippen LogP contribution in [-0.4, -0.2) is 14.2 Å². The van der Waals surface area contributed by atoms with Crippen molar-refractivity contribution in [3.8, 4) is 11.5 Å². The second kappa shape index (κ2) is 6.93. The van der Waals surface area contributed by atoms with E-state index in [1.54, 1.807) is 14.2 Å². The number of hydrazine groups is 1. The van der Waals surface area contributed by atoms with E-state index in [4.69, 9.17) is 15.3 Å². The van der Waals surface area contributed by atoms with Crippen LogP contribution in [0.25, 0.3) is 0 Å². The van der Waals surface area contributed by atoms with Crippen LogP contribution in [0.15, 0.2) is 40.9 Å². The Morgan fingerprint density at radius 1 is 1.10 bits per heavy atom. The van der Waals surface area contributed by atoms with Gasteiger partial charge in [0.25, 0.3) is 0 Å². The Labute approximate surface area is 133 Å². The summed E-state index contributed by atoms with van der Waals surface area (Å²) in [7, 11) is 3.27. The molecular formula is C16H19BrN2O2. The van der Waals surface area contributed by atoms with Crippen molar-refractivity contribution in [2.75, 3.05) is 14.2 Å². The van der Waals surface area contributed by atoms with Crippen molar-refractivity contribution < 1.29 is 9.47 Å². The third kappa shape index (κ3) is 3.37. The van der Waals surface area contributed by atoms with Gasteiger partial charge in [-0.3, -0.25) is 5.84 Å². The zero-order valence-electron chi connectivity index (χ0n) is 12.3. The van der Waals surface area contributed by atoms with Crippen LogP contribution in [0.3, 0.4) is 0 Å². The summed E-state index contributed by atoms with van der Waals surface area (Å²) < 4.78 is 11.9. The Bertz CT molecular complexity index is 589. The van der Waals surface area contributed by atoms with Crippen molar-refractivity contribution in [1.29, 1.82) is 0 Å². The van der Waals surface area contributed by atoms with Gasteiger partial charge in [-0.1, -0.05) is 28.1 Å². The van der Waals surface area contributed by atoms with Crippen molar-refractivity contribution in [2.24, 2.45) is 5.84 Å². The maximum atomic E-state index is 5.81. The van der Waals surface area contributed by atoms with Gasteiger partial charge in [0.1, 0.15) is 11.5 Å². The van der Waals surface area contributed by atoms with Gasteiger partial charge in [0.2, 0.25) is 0 Å². The minimum absolute atomic E-state index is 0.229. The van der Waals surface area contributed by atoms with E-state index in [2.05, 4.69) is 33.5 Å². The molecule has 21 heavy (non-hydrogen) atoms. The highest BCUT2D eigenvalue weighted by Gasteiger charge is 2.22. The summed E-state index contributed by atoms with van der Waals surface area (Å²) in [6, 6.07) is 11.6. The molecule has 0 aliphatic rings. The molecule has 1 unspecified atom stereocenters. The number of nitrogens with one attached hydrogen (secondary N) is 1. The van der Waals surface area contributed by atoms with Crippen molar-refractivity contribution in [2.45, 2.75) is 13.0 Å². The molecule has 0 radical (unpaired) electrons. The molecule has 0 saturated carbocycles. The maximum Gasteiger partial charge on any atom is 0.127 e. The molecule has 112 valence electrons.